The van der Waals surface area contributed by atoms with Crippen LogP contribution in [-0.2, 0) is 9.53 Å². The third kappa shape index (κ3) is 13.7. The second-order valence-corrected chi connectivity index (χ2v) is 4.06. The van der Waals surface area contributed by atoms with E-state index < -0.39 is 0 Å². The average Bonchev–Trinajstić information content (AvgIpc) is 2.19. The van der Waals surface area contributed by atoms with Crippen LogP contribution in [0.2, 0.25) is 0 Å². The van der Waals surface area contributed by atoms with E-state index in [9.17, 15) is 4.79 Å². The topological polar surface area (TPSA) is 50.4 Å². The highest BCUT2D eigenvalue weighted by Crippen LogP contribution is 2.01. The Hall–Kier alpha value is -0.320. The fourth-order valence-electron chi connectivity index (χ4n) is 1.18. The molecule has 0 aromatic carbocycles. The quantitative estimate of drug-likeness (QED) is 0.607. The van der Waals surface area contributed by atoms with Crippen molar-refractivity contribution in [3.63, 3.8) is 0 Å². The van der Waals surface area contributed by atoms with Gasteiger partial charge in [-0.1, -0.05) is 13.8 Å². The Kier molecular flexibility index (Phi) is 14.4. The summed E-state index contributed by atoms with van der Waals surface area (Å²) in [4.78, 5) is 11.2. The van der Waals surface area contributed by atoms with Gasteiger partial charge >= 0.3 is 0 Å². The lowest BCUT2D eigenvalue weighted by atomic mass is 10.1. The first-order valence-corrected chi connectivity index (χ1v) is 5.63. The van der Waals surface area contributed by atoms with Crippen LogP contribution in [0, 0.1) is 5.92 Å². The Morgan fingerprint density at radius 2 is 2.00 bits per heavy atom. The Morgan fingerprint density at radius 3 is 2.56 bits per heavy atom. The number of halogens is 1. The summed E-state index contributed by atoms with van der Waals surface area (Å²) in [5.74, 6) is 0.775. The van der Waals surface area contributed by atoms with Gasteiger partial charge in [-0.25, -0.2) is 0 Å². The summed E-state index contributed by atoms with van der Waals surface area (Å²) in [6.07, 6.45) is 2.22. The molecule has 98 valence electrons. The van der Waals surface area contributed by atoms with Gasteiger partial charge in [0.15, 0.2) is 0 Å². The van der Waals surface area contributed by atoms with E-state index >= 15 is 0 Å². The molecule has 5 heteroatoms. The van der Waals surface area contributed by atoms with E-state index in [4.69, 9.17) is 4.74 Å². The number of carbonyl (C=O) groups is 1. The van der Waals surface area contributed by atoms with Gasteiger partial charge in [-0.05, 0) is 18.8 Å². The zero-order chi connectivity index (χ0) is 11.5. The van der Waals surface area contributed by atoms with Gasteiger partial charge in [0, 0.05) is 20.2 Å². The van der Waals surface area contributed by atoms with Crippen molar-refractivity contribution in [3.05, 3.63) is 0 Å². The van der Waals surface area contributed by atoms with E-state index in [2.05, 4.69) is 24.5 Å². The molecule has 0 heterocycles. The van der Waals surface area contributed by atoms with E-state index in [1.165, 1.54) is 0 Å². The highest BCUT2D eigenvalue weighted by atomic mass is 35.5. The summed E-state index contributed by atoms with van der Waals surface area (Å²) in [5.41, 5.74) is 0. The number of nitrogens with one attached hydrogen (secondary N) is 2. The van der Waals surface area contributed by atoms with Crippen molar-refractivity contribution in [2.45, 2.75) is 26.7 Å². The summed E-state index contributed by atoms with van der Waals surface area (Å²) in [6.45, 7) is 6.90. The molecule has 4 nitrogen and oxygen atoms in total. The summed E-state index contributed by atoms with van der Waals surface area (Å²) in [7, 11) is 1.65. The van der Waals surface area contributed by atoms with Crippen molar-refractivity contribution in [1.29, 1.82) is 0 Å². The molecule has 0 bridgehead atoms. The van der Waals surface area contributed by atoms with Crippen molar-refractivity contribution in [3.8, 4) is 0 Å². The van der Waals surface area contributed by atoms with Crippen LogP contribution in [0.3, 0.4) is 0 Å². The summed E-state index contributed by atoms with van der Waals surface area (Å²) < 4.78 is 4.85. The number of rotatable bonds is 9. The van der Waals surface area contributed by atoms with Crippen LogP contribution in [0.5, 0.6) is 0 Å². The number of methoxy groups -OCH3 is 1. The molecule has 0 aliphatic carbocycles. The van der Waals surface area contributed by atoms with Crippen LogP contribution in [-0.4, -0.2) is 39.3 Å². The molecule has 0 spiro atoms. The third-order valence-corrected chi connectivity index (χ3v) is 2.05. The van der Waals surface area contributed by atoms with Gasteiger partial charge in [0.05, 0.1) is 13.2 Å². The van der Waals surface area contributed by atoms with Crippen LogP contribution in [0.4, 0.5) is 0 Å². The minimum atomic E-state index is 0. The molecule has 0 aromatic rings. The largest absolute Gasteiger partial charge is 0.383 e. The number of amides is 1. The molecule has 0 radical (unpaired) electrons. The van der Waals surface area contributed by atoms with Crippen molar-refractivity contribution < 1.29 is 9.53 Å². The van der Waals surface area contributed by atoms with Crippen LogP contribution in [0.1, 0.15) is 26.7 Å². The molecular weight excluding hydrogens is 228 g/mol. The molecule has 1 amide bonds. The molecule has 0 atom stereocenters. The summed E-state index contributed by atoms with van der Waals surface area (Å²) >= 11 is 0. The van der Waals surface area contributed by atoms with Gasteiger partial charge in [-0.3, -0.25) is 4.79 Å². The van der Waals surface area contributed by atoms with Crippen LogP contribution < -0.4 is 10.6 Å². The van der Waals surface area contributed by atoms with Gasteiger partial charge in [0.2, 0.25) is 5.91 Å². The smallest absolute Gasteiger partial charge is 0.233 e. The zero-order valence-corrected chi connectivity index (χ0v) is 11.4. The predicted octanol–water partition coefficient (Wildman–Crippen LogP) is 1.20. The second-order valence-electron chi connectivity index (χ2n) is 4.06. The fraction of sp³-hybridized carbons (Fsp3) is 0.909. The molecule has 0 rings (SSSR count). The van der Waals surface area contributed by atoms with Crippen molar-refractivity contribution in [2.24, 2.45) is 5.92 Å². The summed E-state index contributed by atoms with van der Waals surface area (Å²) in [5, 5.41) is 5.87. The molecule has 0 aliphatic rings. The van der Waals surface area contributed by atoms with Crippen LogP contribution >= 0.6 is 12.4 Å². The fourth-order valence-corrected chi connectivity index (χ4v) is 1.18. The standard InChI is InChI=1S/C11H24N2O2.ClH/c1-10(2)5-4-6-13-11(14)9-12-7-8-15-3;/h10,12H,4-9H2,1-3H3,(H,13,14);1H. The Labute approximate surface area is 105 Å². The highest BCUT2D eigenvalue weighted by molar-refractivity contribution is 5.85. The Morgan fingerprint density at radius 1 is 1.31 bits per heavy atom. The maximum absolute atomic E-state index is 11.2. The first-order valence-electron chi connectivity index (χ1n) is 5.63. The maximum atomic E-state index is 11.2. The van der Waals surface area contributed by atoms with Crippen LogP contribution in [0.15, 0.2) is 0 Å². The number of carbonyl (C=O) groups excluding carboxylic acids is 1. The van der Waals surface area contributed by atoms with Gasteiger partial charge in [-0.2, -0.15) is 0 Å². The minimum absolute atomic E-state index is 0. The predicted molar refractivity (Wildman–Crippen MR) is 69.1 cm³/mol. The Bertz CT molecular complexity index is 166. The first kappa shape index (κ1) is 18.1. The molecule has 0 aliphatic heterocycles. The molecule has 0 aromatic heterocycles. The highest BCUT2D eigenvalue weighted by Gasteiger charge is 1.99. The van der Waals surface area contributed by atoms with E-state index in [1.807, 2.05) is 0 Å². The minimum Gasteiger partial charge on any atom is -0.383 e. The monoisotopic (exact) mass is 252 g/mol. The lowest BCUT2D eigenvalue weighted by Crippen LogP contribution is -2.35. The van der Waals surface area contributed by atoms with E-state index in [1.54, 1.807) is 7.11 Å². The number of hydrogen-bond acceptors (Lipinski definition) is 3. The SMILES string of the molecule is COCCNCC(=O)NCCCC(C)C.Cl. The van der Waals surface area contributed by atoms with Crippen molar-refractivity contribution in [2.75, 3.05) is 33.4 Å². The van der Waals surface area contributed by atoms with Gasteiger partial charge in [-0.15, -0.1) is 12.4 Å². The molecular formula is C11H25ClN2O2. The molecule has 0 unspecified atom stereocenters. The molecule has 2 N–H and O–H groups in total. The third-order valence-electron chi connectivity index (χ3n) is 2.05. The number of ether oxygens (including phenoxy) is 1. The lowest BCUT2D eigenvalue weighted by molar-refractivity contribution is -0.120. The summed E-state index contributed by atoms with van der Waals surface area (Å²) in [6, 6.07) is 0. The molecule has 0 saturated carbocycles. The Balaban J connectivity index is 0. The number of hydrogen-bond donors (Lipinski definition) is 2. The van der Waals surface area contributed by atoms with E-state index in [0.29, 0.717) is 19.1 Å². The van der Waals surface area contributed by atoms with E-state index in [0.717, 1.165) is 25.9 Å². The van der Waals surface area contributed by atoms with Gasteiger partial charge in [0.25, 0.3) is 0 Å². The second kappa shape index (κ2) is 12.7. The van der Waals surface area contributed by atoms with E-state index in [-0.39, 0.29) is 18.3 Å². The molecule has 0 fully saturated rings. The maximum Gasteiger partial charge on any atom is 0.233 e. The molecule has 0 saturated heterocycles. The van der Waals surface area contributed by atoms with Crippen LogP contribution in [0.25, 0.3) is 0 Å². The van der Waals surface area contributed by atoms with Crippen molar-refractivity contribution >= 4 is 18.3 Å². The molecule has 16 heavy (non-hydrogen) atoms. The first-order chi connectivity index (χ1) is 7.16. The lowest BCUT2D eigenvalue weighted by Gasteiger charge is -2.07. The zero-order valence-electron chi connectivity index (χ0n) is 10.5. The average molecular weight is 253 g/mol. The van der Waals surface area contributed by atoms with Gasteiger partial charge in [0.1, 0.15) is 0 Å². The van der Waals surface area contributed by atoms with Gasteiger partial charge < -0.3 is 15.4 Å². The van der Waals surface area contributed by atoms with Crippen molar-refractivity contribution in [1.82, 2.24) is 10.6 Å². The normalized spacial score (nSPS) is 10.0.